The van der Waals surface area contributed by atoms with Crippen LogP contribution in [0.4, 0.5) is 0 Å². The molecule has 0 amide bonds. The molecule has 0 fully saturated rings. The Balaban J connectivity index is 1.61. The van der Waals surface area contributed by atoms with Gasteiger partial charge in [-0.25, -0.2) is 0 Å². The summed E-state index contributed by atoms with van der Waals surface area (Å²) in [7, 11) is 0. The van der Waals surface area contributed by atoms with Gasteiger partial charge in [-0.15, -0.1) is 0 Å². The number of hydrogen-bond acceptors (Lipinski definition) is 3. The molecule has 3 nitrogen and oxygen atoms in total. The van der Waals surface area contributed by atoms with E-state index in [9.17, 15) is 4.79 Å². The highest BCUT2D eigenvalue weighted by molar-refractivity contribution is 6.64. The van der Waals surface area contributed by atoms with Crippen LogP contribution in [0.25, 0.3) is 0 Å². The van der Waals surface area contributed by atoms with Gasteiger partial charge in [0.2, 0.25) is 0 Å². The molecule has 132 valence electrons. The average Bonchev–Trinajstić information content (AvgIpc) is 2.69. The minimum Gasteiger partial charge on any atom is -0.489 e. The molecule has 0 saturated carbocycles. The number of carbonyl (C=O) groups excluding carboxylic acids is 1. The molecule has 1 atom stereocenters. The van der Waals surface area contributed by atoms with Crippen LogP contribution in [0.15, 0.2) is 84.9 Å². The maximum absolute atomic E-state index is 11.8. The second-order valence-electron chi connectivity index (χ2n) is 5.82. The molecular weight excluding hydrogens is 348 g/mol. The van der Waals surface area contributed by atoms with Gasteiger partial charge in [-0.05, 0) is 40.4 Å². The van der Waals surface area contributed by atoms with Crippen molar-refractivity contribution in [2.24, 2.45) is 0 Å². The molecule has 0 spiro atoms. The maximum atomic E-state index is 11.8. The van der Waals surface area contributed by atoms with Gasteiger partial charge in [0.25, 0.3) is 5.24 Å². The van der Waals surface area contributed by atoms with Crippen molar-refractivity contribution < 1.29 is 14.3 Å². The Bertz CT molecular complexity index is 817. The highest BCUT2D eigenvalue weighted by atomic mass is 35.5. The molecule has 3 aromatic rings. The van der Waals surface area contributed by atoms with Gasteiger partial charge >= 0.3 is 0 Å². The lowest BCUT2D eigenvalue weighted by atomic mass is 10.1. The van der Waals surface area contributed by atoms with E-state index < -0.39 is 11.3 Å². The van der Waals surface area contributed by atoms with Gasteiger partial charge in [0, 0.05) is 0 Å². The van der Waals surface area contributed by atoms with E-state index in [2.05, 4.69) is 0 Å². The fraction of sp³-hybridized carbons (Fsp3) is 0.136. The number of rotatable bonds is 8. The fourth-order valence-corrected chi connectivity index (χ4v) is 2.72. The normalized spacial score (nSPS) is 11.7. The molecule has 0 aliphatic heterocycles. The van der Waals surface area contributed by atoms with Crippen LogP contribution in [0.3, 0.4) is 0 Å². The zero-order valence-corrected chi connectivity index (χ0v) is 14.9. The summed E-state index contributed by atoms with van der Waals surface area (Å²) >= 11 is 5.73. The number of hydrogen-bond donors (Lipinski definition) is 0. The van der Waals surface area contributed by atoms with Crippen molar-refractivity contribution in [2.75, 3.05) is 0 Å². The molecule has 3 aromatic carbocycles. The van der Waals surface area contributed by atoms with Crippen molar-refractivity contribution >= 4 is 16.8 Å². The molecule has 0 aromatic heterocycles. The molecule has 0 aliphatic rings. The highest BCUT2D eigenvalue weighted by Crippen LogP contribution is 2.24. The summed E-state index contributed by atoms with van der Waals surface area (Å²) in [6, 6.07) is 26.8. The summed E-state index contributed by atoms with van der Waals surface area (Å²) in [6.07, 6.45) is -0.806. The first-order valence-corrected chi connectivity index (χ1v) is 8.72. The molecule has 0 radical (unpaired) electrons. The van der Waals surface area contributed by atoms with E-state index in [0.29, 0.717) is 18.8 Å². The third-order valence-electron chi connectivity index (χ3n) is 3.90. The van der Waals surface area contributed by atoms with Gasteiger partial charge < -0.3 is 9.47 Å². The Hall–Kier alpha value is -2.62. The zero-order valence-electron chi connectivity index (χ0n) is 14.2. The molecule has 3 rings (SSSR count). The zero-order chi connectivity index (χ0) is 18.2. The molecule has 0 bridgehead atoms. The second-order valence-corrected chi connectivity index (χ2v) is 6.20. The van der Waals surface area contributed by atoms with E-state index in [1.807, 2.05) is 72.8 Å². The number of carbonyl (C=O) groups is 1. The molecule has 4 heteroatoms. The van der Waals surface area contributed by atoms with Crippen LogP contribution >= 0.6 is 11.6 Å². The topological polar surface area (TPSA) is 35.5 Å². The summed E-state index contributed by atoms with van der Waals surface area (Å²) in [5, 5.41) is -0.543. The lowest BCUT2D eigenvalue weighted by Crippen LogP contribution is -2.11. The minimum absolute atomic E-state index is 0.316. The highest BCUT2D eigenvalue weighted by Gasteiger charge is 2.19. The van der Waals surface area contributed by atoms with Crippen molar-refractivity contribution in [1.29, 1.82) is 0 Å². The first-order chi connectivity index (χ1) is 12.7. The number of ether oxygens (including phenoxy) is 2. The van der Waals surface area contributed by atoms with Crippen molar-refractivity contribution in [3.8, 4) is 5.75 Å². The Morgan fingerprint density at radius 3 is 1.85 bits per heavy atom. The molecule has 1 unspecified atom stereocenters. The van der Waals surface area contributed by atoms with Crippen molar-refractivity contribution in [2.45, 2.75) is 19.3 Å². The van der Waals surface area contributed by atoms with Crippen molar-refractivity contribution in [3.63, 3.8) is 0 Å². The summed E-state index contributed by atoms with van der Waals surface area (Å²) in [6.45, 7) is 0.804. The quantitative estimate of drug-likeness (QED) is 0.508. The molecule has 0 saturated heterocycles. The van der Waals surface area contributed by atoms with Crippen LogP contribution in [0.1, 0.15) is 22.8 Å². The Kier molecular flexibility index (Phi) is 6.42. The maximum Gasteiger partial charge on any atom is 0.255 e. The Morgan fingerprint density at radius 1 is 0.769 bits per heavy atom. The fourth-order valence-electron chi connectivity index (χ4n) is 2.53. The second kappa shape index (κ2) is 9.18. The van der Waals surface area contributed by atoms with Gasteiger partial charge in [-0.1, -0.05) is 72.8 Å². The summed E-state index contributed by atoms with van der Waals surface area (Å²) in [4.78, 5) is 11.8. The largest absolute Gasteiger partial charge is 0.489 e. The van der Waals surface area contributed by atoms with Gasteiger partial charge in [0.15, 0.2) is 6.10 Å². The average molecular weight is 367 g/mol. The lowest BCUT2D eigenvalue weighted by Gasteiger charge is -2.15. The van der Waals surface area contributed by atoms with Crippen LogP contribution in [-0.2, 0) is 22.7 Å². The number of benzene rings is 3. The van der Waals surface area contributed by atoms with Gasteiger partial charge in [-0.2, -0.15) is 0 Å². The van der Waals surface area contributed by atoms with E-state index in [1.165, 1.54) is 0 Å². The monoisotopic (exact) mass is 366 g/mol. The van der Waals surface area contributed by atoms with E-state index >= 15 is 0 Å². The molecule has 0 aliphatic carbocycles. The summed E-state index contributed by atoms with van der Waals surface area (Å²) in [5.74, 6) is 0.724. The van der Waals surface area contributed by atoms with E-state index in [1.54, 1.807) is 12.1 Å². The predicted octanol–water partition coefficient (Wildman–Crippen LogP) is 5.29. The minimum atomic E-state index is -0.806. The van der Waals surface area contributed by atoms with Crippen LogP contribution in [0, 0.1) is 0 Å². The van der Waals surface area contributed by atoms with Crippen molar-refractivity contribution in [3.05, 3.63) is 102 Å². The van der Waals surface area contributed by atoms with Crippen LogP contribution in [0.2, 0.25) is 0 Å². The lowest BCUT2D eigenvalue weighted by molar-refractivity contribution is -0.123. The third kappa shape index (κ3) is 5.19. The van der Waals surface area contributed by atoms with E-state index in [4.69, 9.17) is 21.1 Å². The summed E-state index contributed by atoms with van der Waals surface area (Å²) < 4.78 is 11.5. The van der Waals surface area contributed by atoms with Gasteiger partial charge in [0.1, 0.15) is 12.4 Å². The van der Waals surface area contributed by atoms with Crippen LogP contribution in [0.5, 0.6) is 5.75 Å². The molecule has 0 N–H and O–H groups in total. The van der Waals surface area contributed by atoms with E-state index in [0.717, 1.165) is 16.9 Å². The Labute approximate surface area is 158 Å². The first-order valence-electron chi connectivity index (χ1n) is 8.34. The van der Waals surface area contributed by atoms with Crippen molar-refractivity contribution in [1.82, 2.24) is 0 Å². The summed E-state index contributed by atoms with van der Waals surface area (Å²) in [5.41, 5.74) is 2.78. The molecular formula is C22H19ClO3. The smallest absolute Gasteiger partial charge is 0.255 e. The molecule has 26 heavy (non-hydrogen) atoms. The van der Waals surface area contributed by atoms with Gasteiger partial charge in [0.05, 0.1) is 6.61 Å². The van der Waals surface area contributed by atoms with E-state index in [-0.39, 0.29) is 0 Å². The predicted molar refractivity (Wildman–Crippen MR) is 102 cm³/mol. The third-order valence-corrected chi connectivity index (χ3v) is 4.09. The first kappa shape index (κ1) is 18.2. The van der Waals surface area contributed by atoms with Crippen LogP contribution in [-0.4, -0.2) is 5.24 Å². The Morgan fingerprint density at radius 2 is 1.31 bits per heavy atom. The number of halogens is 1. The SMILES string of the molecule is O=C(Cl)C(OCc1ccccc1)c1ccc(OCc2ccccc2)cc1. The molecule has 0 heterocycles. The van der Waals surface area contributed by atoms with Gasteiger partial charge in [-0.3, -0.25) is 4.79 Å². The standard InChI is InChI=1S/C22H19ClO3/c23-22(24)21(26-16-18-9-5-2-6-10-18)19-11-13-20(14-12-19)25-15-17-7-3-1-4-8-17/h1-14,21H,15-16H2. The van der Waals surface area contributed by atoms with Crippen LogP contribution < -0.4 is 4.74 Å².